The van der Waals surface area contributed by atoms with Crippen molar-refractivity contribution < 1.29 is 0 Å². The molecule has 0 aliphatic heterocycles. The van der Waals surface area contributed by atoms with Crippen LogP contribution in [-0.4, -0.2) is 9.97 Å². The van der Waals surface area contributed by atoms with E-state index < -0.39 is 0 Å². The Hall–Kier alpha value is -1.74. The van der Waals surface area contributed by atoms with Crippen molar-refractivity contribution in [1.29, 1.82) is 0 Å². The van der Waals surface area contributed by atoms with E-state index in [2.05, 4.69) is 23.0 Å². The van der Waals surface area contributed by atoms with Gasteiger partial charge >= 0.3 is 0 Å². The monoisotopic (exact) mass is 227 g/mol. The van der Waals surface area contributed by atoms with Crippen LogP contribution in [0.4, 0.5) is 0 Å². The van der Waals surface area contributed by atoms with Gasteiger partial charge in [-0.3, -0.25) is 9.97 Å². The summed E-state index contributed by atoms with van der Waals surface area (Å²) in [5.41, 5.74) is 9.83. The average molecular weight is 227 g/mol. The van der Waals surface area contributed by atoms with Crippen LogP contribution >= 0.6 is 0 Å². The first-order valence-corrected chi connectivity index (χ1v) is 5.88. The molecule has 0 amide bonds. The molecule has 0 aliphatic rings. The lowest BCUT2D eigenvalue weighted by atomic mass is 9.96. The van der Waals surface area contributed by atoms with Gasteiger partial charge < -0.3 is 5.73 Å². The van der Waals surface area contributed by atoms with Crippen LogP contribution in [0.15, 0.2) is 43.0 Å². The molecule has 0 spiro atoms. The van der Waals surface area contributed by atoms with Crippen molar-refractivity contribution in [2.45, 2.75) is 25.8 Å². The molecule has 0 saturated carbocycles. The molecule has 0 radical (unpaired) electrons. The van der Waals surface area contributed by atoms with Crippen molar-refractivity contribution in [1.82, 2.24) is 9.97 Å². The van der Waals surface area contributed by atoms with Crippen LogP contribution in [0.5, 0.6) is 0 Å². The van der Waals surface area contributed by atoms with E-state index in [4.69, 9.17) is 5.73 Å². The van der Waals surface area contributed by atoms with Crippen molar-refractivity contribution >= 4 is 0 Å². The van der Waals surface area contributed by atoms with Gasteiger partial charge in [-0.1, -0.05) is 13.0 Å². The Morgan fingerprint density at radius 3 is 2.71 bits per heavy atom. The summed E-state index contributed by atoms with van der Waals surface area (Å²) < 4.78 is 0. The van der Waals surface area contributed by atoms with E-state index in [0.29, 0.717) is 0 Å². The molecule has 0 fully saturated rings. The van der Waals surface area contributed by atoms with Crippen LogP contribution in [0.3, 0.4) is 0 Å². The van der Waals surface area contributed by atoms with Crippen molar-refractivity contribution in [3.63, 3.8) is 0 Å². The highest BCUT2D eigenvalue weighted by Gasteiger charge is 2.10. The Labute approximate surface area is 102 Å². The first kappa shape index (κ1) is 11.7. The predicted molar refractivity (Wildman–Crippen MR) is 68.5 cm³/mol. The van der Waals surface area contributed by atoms with E-state index >= 15 is 0 Å². The first-order valence-electron chi connectivity index (χ1n) is 5.88. The Balaban J connectivity index is 2.17. The van der Waals surface area contributed by atoms with Crippen molar-refractivity contribution in [2.24, 2.45) is 5.73 Å². The summed E-state index contributed by atoms with van der Waals surface area (Å²) in [5.74, 6) is 0. The molecular weight excluding hydrogens is 210 g/mol. The van der Waals surface area contributed by atoms with Crippen LogP contribution in [-0.2, 0) is 12.8 Å². The zero-order valence-electron chi connectivity index (χ0n) is 10.0. The molecule has 88 valence electrons. The molecule has 2 aromatic heterocycles. The molecule has 17 heavy (non-hydrogen) atoms. The number of nitrogens with zero attached hydrogens (tertiary/aromatic N) is 2. The Morgan fingerprint density at radius 2 is 2.00 bits per heavy atom. The second kappa shape index (κ2) is 5.55. The summed E-state index contributed by atoms with van der Waals surface area (Å²) in [6.45, 7) is 2.12. The molecule has 0 aliphatic carbocycles. The van der Waals surface area contributed by atoms with Gasteiger partial charge in [0, 0.05) is 30.8 Å². The van der Waals surface area contributed by atoms with Gasteiger partial charge in [-0.25, -0.2) is 0 Å². The Morgan fingerprint density at radius 1 is 1.18 bits per heavy atom. The maximum Gasteiger partial charge on any atom is 0.0340 e. The number of hydrogen-bond donors (Lipinski definition) is 1. The van der Waals surface area contributed by atoms with Gasteiger partial charge in [-0.2, -0.15) is 0 Å². The number of aromatic nitrogens is 2. The van der Waals surface area contributed by atoms with Gasteiger partial charge in [0.05, 0.1) is 0 Å². The van der Waals surface area contributed by atoms with E-state index in [-0.39, 0.29) is 6.04 Å². The maximum atomic E-state index is 6.25. The van der Waals surface area contributed by atoms with E-state index in [0.717, 1.165) is 12.8 Å². The lowest BCUT2D eigenvalue weighted by molar-refractivity contribution is 0.708. The zero-order chi connectivity index (χ0) is 12.1. The SMILES string of the molecule is CCc1cnccc1C(N)Cc1cccnc1. The molecule has 0 aromatic carbocycles. The van der Waals surface area contributed by atoms with Gasteiger partial charge in [-0.15, -0.1) is 0 Å². The van der Waals surface area contributed by atoms with E-state index in [1.54, 1.807) is 12.4 Å². The minimum Gasteiger partial charge on any atom is -0.324 e. The molecule has 1 unspecified atom stereocenters. The topological polar surface area (TPSA) is 51.8 Å². The quantitative estimate of drug-likeness (QED) is 0.871. The Kier molecular flexibility index (Phi) is 3.83. The number of nitrogens with two attached hydrogens (primary N) is 1. The van der Waals surface area contributed by atoms with Crippen molar-refractivity contribution in [2.75, 3.05) is 0 Å². The molecule has 3 nitrogen and oxygen atoms in total. The summed E-state index contributed by atoms with van der Waals surface area (Å²) in [6.07, 6.45) is 9.12. The summed E-state index contributed by atoms with van der Waals surface area (Å²) in [4.78, 5) is 8.24. The van der Waals surface area contributed by atoms with E-state index in [9.17, 15) is 0 Å². The highest BCUT2D eigenvalue weighted by atomic mass is 14.7. The van der Waals surface area contributed by atoms with Crippen LogP contribution in [0.2, 0.25) is 0 Å². The molecule has 1 atom stereocenters. The van der Waals surface area contributed by atoms with Crippen LogP contribution in [0.1, 0.15) is 29.7 Å². The van der Waals surface area contributed by atoms with Crippen LogP contribution in [0, 0.1) is 0 Å². The molecule has 2 rings (SSSR count). The van der Waals surface area contributed by atoms with Gasteiger partial charge in [0.15, 0.2) is 0 Å². The summed E-state index contributed by atoms with van der Waals surface area (Å²) in [6, 6.07) is 6.02. The summed E-state index contributed by atoms with van der Waals surface area (Å²) in [7, 11) is 0. The third-order valence-corrected chi connectivity index (χ3v) is 2.90. The highest BCUT2D eigenvalue weighted by Crippen LogP contribution is 2.19. The van der Waals surface area contributed by atoms with Gasteiger partial charge in [0.1, 0.15) is 0 Å². The average Bonchev–Trinajstić information content (AvgIpc) is 2.40. The minimum atomic E-state index is 0.0112. The lowest BCUT2D eigenvalue weighted by Crippen LogP contribution is -2.15. The largest absolute Gasteiger partial charge is 0.324 e. The number of aryl methyl sites for hydroxylation is 1. The first-order chi connectivity index (χ1) is 8.31. The van der Waals surface area contributed by atoms with Crippen molar-refractivity contribution in [3.8, 4) is 0 Å². The second-order valence-corrected chi connectivity index (χ2v) is 4.10. The molecule has 2 N–H and O–H groups in total. The van der Waals surface area contributed by atoms with E-state index in [1.807, 2.05) is 24.5 Å². The molecular formula is C14H17N3. The van der Waals surface area contributed by atoms with Gasteiger partial charge in [0.25, 0.3) is 0 Å². The summed E-state index contributed by atoms with van der Waals surface area (Å²) >= 11 is 0. The smallest absolute Gasteiger partial charge is 0.0340 e. The number of rotatable bonds is 4. The van der Waals surface area contributed by atoms with E-state index in [1.165, 1.54) is 16.7 Å². The molecule has 2 heterocycles. The van der Waals surface area contributed by atoms with Crippen LogP contribution < -0.4 is 5.73 Å². The zero-order valence-corrected chi connectivity index (χ0v) is 10.0. The second-order valence-electron chi connectivity index (χ2n) is 4.10. The maximum absolute atomic E-state index is 6.25. The van der Waals surface area contributed by atoms with Crippen molar-refractivity contribution in [3.05, 3.63) is 59.7 Å². The molecule has 3 heteroatoms. The standard InChI is InChI=1S/C14H17N3/c1-2-12-10-17-7-5-13(12)14(15)8-11-4-3-6-16-9-11/h3-7,9-10,14H,2,8,15H2,1H3. The van der Waals surface area contributed by atoms with Gasteiger partial charge in [-0.05, 0) is 41.7 Å². The third kappa shape index (κ3) is 2.88. The lowest BCUT2D eigenvalue weighted by Gasteiger charge is -2.15. The fourth-order valence-corrected chi connectivity index (χ4v) is 1.98. The minimum absolute atomic E-state index is 0.0112. The Bertz CT molecular complexity index is 468. The normalized spacial score (nSPS) is 12.4. The fraction of sp³-hybridized carbons (Fsp3) is 0.286. The highest BCUT2D eigenvalue weighted by molar-refractivity contribution is 5.28. The fourth-order valence-electron chi connectivity index (χ4n) is 1.98. The number of pyridine rings is 2. The van der Waals surface area contributed by atoms with Crippen LogP contribution in [0.25, 0.3) is 0 Å². The number of hydrogen-bond acceptors (Lipinski definition) is 3. The molecule has 2 aromatic rings. The molecule has 0 saturated heterocycles. The van der Waals surface area contributed by atoms with Gasteiger partial charge in [0.2, 0.25) is 0 Å². The molecule has 0 bridgehead atoms. The third-order valence-electron chi connectivity index (χ3n) is 2.90. The predicted octanol–water partition coefficient (Wildman–Crippen LogP) is 2.28. The summed E-state index contributed by atoms with van der Waals surface area (Å²) in [5, 5.41) is 0.